The van der Waals surface area contributed by atoms with Crippen molar-refractivity contribution in [3.63, 3.8) is 0 Å². The Bertz CT molecular complexity index is 906. The molecule has 1 heterocycles. The molecule has 134 valence electrons. The standard InChI is InChI=1S/C20H19ClFN3O/c1-14-4-9-19(18(21)11-14)24-20(26)23-12-17-3-2-10-25(17)13-15-5-7-16(22)8-6-15/h2-11H,12-13H2,1H3,(H2,23,24,26). The van der Waals surface area contributed by atoms with Gasteiger partial charge in [-0.15, -0.1) is 0 Å². The minimum absolute atomic E-state index is 0.255. The number of nitrogens with one attached hydrogen (secondary N) is 2. The van der Waals surface area contributed by atoms with E-state index in [1.54, 1.807) is 24.3 Å². The molecule has 0 aliphatic rings. The van der Waals surface area contributed by atoms with Crippen molar-refractivity contribution in [2.24, 2.45) is 0 Å². The quantitative estimate of drug-likeness (QED) is 0.654. The molecule has 2 aromatic carbocycles. The molecule has 0 saturated heterocycles. The van der Waals surface area contributed by atoms with Gasteiger partial charge >= 0.3 is 6.03 Å². The van der Waals surface area contributed by atoms with Crippen LogP contribution in [0.25, 0.3) is 0 Å². The van der Waals surface area contributed by atoms with Crippen molar-refractivity contribution >= 4 is 23.3 Å². The Morgan fingerprint density at radius 1 is 1.15 bits per heavy atom. The number of benzene rings is 2. The number of hydrogen-bond acceptors (Lipinski definition) is 1. The summed E-state index contributed by atoms with van der Waals surface area (Å²) in [7, 11) is 0. The zero-order valence-corrected chi connectivity index (χ0v) is 15.1. The number of halogens is 2. The highest BCUT2D eigenvalue weighted by Gasteiger charge is 2.08. The molecule has 0 fully saturated rings. The maximum Gasteiger partial charge on any atom is 0.319 e. The van der Waals surface area contributed by atoms with Gasteiger partial charge < -0.3 is 15.2 Å². The molecule has 3 aromatic rings. The lowest BCUT2D eigenvalue weighted by Gasteiger charge is -2.12. The predicted molar refractivity (Wildman–Crippen MR) is 102 cm³/mol. The molecular formula is C20H19ClFN3O. The summed E-state index contributed by atoms with van der Waals surface area (Å²) < 4.78 is 15.0. The van der Waals surface area contributed by atoms with Crippen LogP contribution in [0.2, 0.25) is 5.02 Å². The van der Waals surface area contributed by atoms with E-state index in [-0.39, 0.29) is 11.8 Å². The molecule has 1 aromatic heterocycles. The highest BCUT2D eigenvalue weighted by Crippen LogP contribution is 2.22. The number of carbonyl (C=O) groups excluding carboxylic acids is 1. The Kier molecular flexibility index (Phi) is 5.58. The van der Waals surface area contributed by atoms with Crippen LogP contribution in [0.5, 0.6) is 0 Å². The molecule has 0 radical (unpaired) electrons. The van der Waals surface area contributed by atoms with Gasteiger partial charge in [0.25, 0.3) is 0 Å². The van der Waals surface area contributed by atoms with Crippen molar-refractivity contribution in [2.75, 3.05) is 5.32 Å². The number of aryl methyl sites for hydroxylation is 1. The summed E-state index contributed by atoms with van der Waals surface area (Å²) in [6.45, 7) is 2.91. The molecule has 2 amide bonds. The molecule has 6 heteroatoms. The highest BCUT2D eigenvalue weighted by molar-refractivity contribution is 6.33. The van der Waals surface area contributed by atoms with Crippen LogP contribution in [0.15, 0.2) is 60.8 Å². The molecule has 0 aliphatic carbocycles. The lowest BCUT2D eigenvalue weighted by Crippen LogP contribution is -2.29. The molecular weight excluding hydrogens is 353 g/mol. The van der Waals surface area contributed by atoms with E-state index in [2.05, 4.69) is 10.6 Å². The number of aromatic nitrogens is 1. The second kappa shape index (κ2) is 8.06. The summed E-state index contributed by atoms with van der Waals surface area (Å²) in [6.07, 6.45) is 1.93. The summed E-state index contributed by atoms with van der Waals surface area (Å²) in [5.74, 6) is -0.255. The molecule has 3 rings (SSSR count). The van der Waals surface area contributed by atoms with Gasteiger partial charge in [-0.1, -0.05) is 29.8 Å². The molecule has 0 bridgehead atoms. The van der Waals surface area contributed by atoms with E-state index in [1.165, 1.54) is 12.1 Å². The van der Waals surface area contributed by atoms with Crippen LogP contribution in [-0.2, 0) is 13.1 Å². The van der Waals surface area contributed by atoms with Gasteiger partial charge in [-0.3, -0.25) is 0 Å². The van der Waals surface area contributed by atoms with Crippen LogP contribution in [0.4, 0.5) is 14.9 Å². The van der Waals surface area contributed by atoms with E-state index in [9.17, 15) is 9.18 Å². The number of carbonyl (C=O) groups is 1. The van der Waals surface area contributed by atoms with Gasteiger partial charge in [-0.05, 0) is 54.4 Å². The molecule has 0 aliphatic heterocycles. The summed E-state index contributed by atoms with van der Waals surface area (Å²) >= 11 is 6.13. The second-order valence-electron chi connectivity index (χ2n) is 6.04. The fraction of sp³-hybridized carbons (Fsp3) is 0.150. The summed E-state index contributed by atoms with van der Waals surface area (Å²) in [5, 5.41) is 6.06. The number of rotatable bonds is 5. The van der Waals surface area contributed by atoms with Gasteiger partial charge in [-0.25, -0.2) is 9.18 Å². The normalized spacial score (nSPS) is 10.6. The number of hydrogen-bond donors (Lipinski definition) is 2. The van der Waals surface area contributed by atoms with Crippen molar-refractivity contribution in [3.8, 4) is 0 Å². The Hall–Kier alpha value is -2.79. The van der Waals surface area contributed by atoms with E-state index in [4.69, 9.17) is 11.6 Å². The van der Waals surface area contributed by atoms with Gasteiger partial charge in [0.05, 0.1) is 17.3 Å². The fourth-order valence-electron chi connectivity index (χ4n) is 2.61. The molecule has 0 spiro atoms. The van der Waals surface area contributed by atoms with Crippen LogP contribution < -0.4 is 10.6 Å². The van der Waals surface area contributed by atoms with Gasteiger partial charge in [0, 0.05) is 18.4 Å². The van der Waals surface area contributed by atoms with Crippen LogP contribution in [0, 0.1) is 12.7 Å². The predicted octanol–water partition coefficient (Wildman–Crippen LogP) is 4.96. The smallest absolute Gasteiger partial charge is 0.319 e. The van der Waals surface area contributed by atoms with E-state index in [0.717, 1.165) is 16.8 Å². The van der Waals surface area contributed by atoms with E-state index in [0.29, 0.717) is 23.8 Å². The van der Waals surface area contributed by atoms with Crippen molar-refractivity contribution in [2.45, 2.75) is 20.0 Å². The second-order valence-corrected chi connectivity index (χ2v) is 6.45. The third kappa shape index (κ3) is 4.64. The van der Waals surface area contributed by atoms with Crippen LogP contribution >= 0.6 is 11.6 Å². The van der Waals surface area contributed by atoms with Crippen molar-refractivity contribution in [1.82, 2.24) is 9.88 Å². The summed E-state index contributed by atoms with van der Waals surface area (Å²) in [6, 6.07) is 15.3. The first kappa shape index (κ1) is 18.0. The third-order valence-electron chi connectivity index (χ3n) is 3.99. The molecule has 0 atom stereocenters. The highest BCUT2D eigenvalue weighted by atomic mass is 35.5. The summed E-state index contributed by atoms with van der Waals surface area (Å²) in [5.41, 5.74) is 3.52. The number of amides is 2. The first-order chi connectivity index (χ1) is 12.5. The SMILES string of the molecule is Cc1ccc(NC(=O)NCc2cccn2Cc2ccc(F)cc2)c(Cl)c1. The van der Waals surface area contributed by atoms with Gasteiger partial charge in [0.1, 0.15) is 5.82 Å². The molecule has 26 heavy (non-hydrogen) atoms. The van der Waals surface area contributed by atoms with Gasteiger partial charge in [0.2, 0.25) is 0 Å². The van der Waals surface area contributed by atoms with Gasteiger partial charge in [0.15, 0.2) is 0 Å². The zero-order chi connectivity index (χ0) is 18.5. The Morgan fingerprint density at radius 2 is 1.92 bits per heavy atom. The number of anilines is 1. The molecule has 0 unspecified atom stereocenters. The molecule has 2 N–H and O–H groups in total. The number of nitrogens with zero attached hydrogens (tertiary/aromatic N) is 1. The Balaban J connectivity index is 1.59. The fourth-order valence-corrected chi connectivity index (χ4v) is 2.89. The minimum Gasteiger partial charge on any atom is -0.345 e. The summed E-state index contributed by atoms with van der Waals surface area (Å²) in [4.78, 5) is 12.1. The van der Waals surface area contributed by atoms with E-state index < -0.39 is 0 Å². The third-order valence-corrected chi connectivity index (χ3v) is 4.31. The van der Waals surface area contributed by atoms with Gasteiger partial charge in [-0.2, -0.15) is 0 Å². The van der Waals surface area contributed by atoms with Crippen molar-refractivity contribution in [3.05, 3.63) is 88.5 Å². The maximum atomic E-state index is 13.0. The van der Waals surface area contributed by atoms with Crippen LogP contribution in [0.1, 0.15) is 16.8 Å². The first-order valence-corrected chi connectivity index (χ1v) is 8.58. The monoisotopic (exact) mass is 371 g/mol. The molecule has 4 nitrogen and oxygen atoms in total. The number of urea groups is 1. The van der Waals surface area contributed by atoms with E-state index in [1.807, 2.05) is 35.9 Å². The lowest BCUT2D eigenvalue weighted by molar-refractivity contribution is 0.251. The zero-order valence-electron chi connectivity index (χ0n) is 14.3. The van der Waals surface area contributed by atoms with Crippen LogP contribution in [-0.4, -0.2) is 10.6 Å². The van der Waals surface area contributed by atoms with E-state index >= 15 is 0 Å². The topological polar surface area (TPSA) is 46.1 Å². The van der Waals surface area contributed by atoms with Crippen molar-refractivity contribution < 1.29 is 9.18 Å². The largest absolute Gasteiger partial charge is 0.345 e. The molecule has 0 saturated carbocycles. The average Bonchev–Trinajstić information content (AvgIpc) is 3.05. The first-order valence-electron chi connectivity index (χ1n) is 8.21. The minimum atomic E-state index is -0.328. The lowest BCUT2D eigenvalue weighted by atomic mass is 10.2. The Morgan fingerprint density at radius 3 is 2.65 bits per heavy atom. The maximum absolute atomic E-state index is 13.0. The Labute approximate surface area is 156 Å². The average molecular weight is 372 g/mol. The van der Waals surface area contributed by atoms with Crippen LogP contribution in [0.3, 0.4) is 0 Å². The van der Waals surface area contributed by atoms with Crippen molar-refractivity contribution in [1.29, 1.82) is 0 Å².